The van der Waals surface area contributed by atoms with Gasteiger partial charge in [0.2, 0.25) is 0 Å². The molecule has 1 unspecified atom stereocenters. The SMILES string of the molecule is CCCN(C(=O)c1ccc(OCC2CC2)cc1)C1CCNC1. The number of ether oxygens (including phenoxy) is 1. The Morgan fingerprint density at radius 1 is 1.27 bits per heavy atom. The minimum Gasteiger partial charge on any atom is -0.493 e. The van der Waals surface area contributed by atoms with Gasteiger partial charge < -0.3 is 15.0 Å². The molecular formula is C18H26N2O2. The van der Waals surface area contributed by atoms with Crippen LogP contribution in [-0.4, -0.2) is 43.1 Å². The van der Waals surface area contributed by atoms with Crippen LogP contribution in [-0.2, 0) is 0 Å². The second-order valence-electron chi connectivity index (χ2n) is 6.42. The highest BCUT2D eigenvalue weighted by Crippen LogP contribution is 2.29. The maximum atomic E-state index is 12.8. The molecule has 1 aromatic rings. The summed E-state index contributed by atoms with van der Waals surface area (Å²) in [7, 11) is 0. The van der Waals surface area contributed by atoms with Crippen molar-refractivity contribution in [2.75, 3.05) is 26.2 Å². The van der Waals surface area contributed by atoms with Crippen molar-refractivity contribution < 1.29 is 9.53 Å². The van der Waals surface area contributed by atoms with Gasteiger partial charge in [-0.2, -0.15) is 0 Å². The molecule has 0 aromatic heterocycles. The van der Waals surface area contributed by atoms with Gasteiger partial charge in [-0.05, 0) is 62.4 Å². The molecule has 1 saturated carbocycles. The molecule has 0 spiro atoms. The first kappa shape index (κ1) is 15.3. The fourth-order valence-corrected chi connectivity index (χ4v) is 2.95. The summed E-state index contributed by atoms with van der Waals surface area (Å²) < 4.78 is 5.74. The fourth-order valence-electron chi connectivity index (χ4n) is 2.95. The summed E-state index contributed by atoms with van der Waals surface area (Å²) in [6.45, 7) is 5.67. The minimum absolute atomic E-state index is 0.143. The first-order valence-corrected chi connectivity index (χ1v) is 8.52. The van der Waals surface area contributed by atoms with Gasteiger partial charge in [-0.25, -0.2) is 0 Å². The van der Waals surface area contributed by atoms with E-state index in [0.29, 0.717) is 6.04 Å². The highest BCUT2D eigenvalue weighted by Gasteiger charge is 2.26. The normalized spacial score (nSPS) is 20.9. The van der Waals surface area contributed by atoms with Gasteiger partial charge in [0.15, 0.2) is 0 Å². The van der Waals surface area contributed by atoms with Crippen LogP contribution in [0, 0.1) is 5.92 Å². The smallest absolute Gasteiger partial charge is 0.254 e. The average molecular weight is 302 g/mol. The highest BCUT2D eigenvalue weighted by molar-refractivity contribution is 5.94. The molecule has 1 amide bonds. The predicted molar refractivity (Wildman–Crippen MR) is 87.3 cm³/mol. The zero-order chi connectivity index (χ0) is 15.4. The number of carbonyl (C=O) groups excluding carboxylic acids is 1. The standard InChI is InChI=1S/C18H26N2O2/c1-2-11-20(16-9-10-19-12-16)18(21)15-5-7-17(8-6-15)22-13-14-3-4-14/h5-8,14,16,19H,2-4,9-13H2,1H3. The third-order valence-corrected chi connectivity index (χ3v) is 4.48. The Hall–Kier alpha value is -1.55. The molecule has 22 heavy (non-hydrogen) atoms. The lowest BCUT2D eigenvalue weighted by Crippen LogP contribution is -2.42. The van der Waals surface area contributed by atoms with Crippen molar-refractivity contribution >= 4 is 5.91 Å². The van der Waals surface area contributed by atoms with E-state index < -0.39 is 0 Å². The van der Waals surface area contributed by atoms with Gasteiger partial charge in [-0.1, -0.05) is 6.92 Å². The third-order valence-electron chi connectivity index (χ3n) is 4.48. The summed E-state index contributed by atoms with van der Waals surface area (Å²) in [6.07, 6.45) is 4.62. The molecule has 120 valence electrons. The van der Waals surface area contributed by atoms with Crippen molar-refractivity contribution in [1.29, 1.82) is 0 Å². The molecule has 1 aliphatic heterocycles. The molecule has 0 bridgehead atoms. The van der Waals surface area contributed by atoms with Gasteiger partial charge in [0.05, 0.1) is 6.61 Å². The molecular weight excluding hydrogens is 276 g/mol. The molecule has 1 N–H and O–H groups in total. The number of rotatable bonds is 7. The van der Waals surface area contributed by atoms with E-state index in [-0.39, 0.29) is 5.91 Å². The number of nitrogens with one attached hydrogen (secondary N) is 1. The van der Waals surface area contributed by atoms with Crippen molar-refractivity contribution in [2.24, 2.45) is 5.92 Å². The van der Waals surface area contributed by atoms with Crippen molar-refractivity contribution in [1.82, 2.24) is 10.2 Å². The lowest BCUT2D eigenvalue weighted by Gasteiger charge is -2.28. The largest absolute Gasteiger partial charge is 0.493 e. The molecule has 2 fully saturated rings. The van der Waals surface area contributed by atoms with E-state index in [1.165, 1.54) is 12.8 Å². The summed E-state index contributed by atoms with van der Waals surface area (Å²) in [5, 5.41) is 3.35. The molecule has 4 heteroatoms. The Labute approximate surface area is 132 Å². The van der Waals surface area contributed by atoms with Gasteiger partial charge in [0.25, 0.3) is 5.91 Å². The van der Waals surface area contributed by atoms with E-state index in [2.05, 4.69) is 12.2 Å². The summed E-state index contributed by atoms with van der Waals surface area (Å²) in [5.41, 5.74) is 0.763. The van der Waals surface area contributed by atoms with E-state index in [1.807, 2.05) is 29.2 Å². The van der Waals surface area contributed by atoms with Crippen molar-refractivity contribution in [3.63, 3.8) is 0 Å². The first-order chi connectivity index (χ1) is 10.8. The van der Waals surface area contributed by atoms with Crippen LogP contribution in [0.25, 0.3) is 0 Å². The van der Waals surface area contributed by atoms with Crippen LogP contribution < -0.4 is 10.1 Å². The van der Waals surface area contributed by atoms with Gasteiger partial charge in [0, 0.05) is 24.7 Å². The number of carbonyl (C=O) groups is 1. The molecule has 2 aliphatic rings. The molecule has 4 nitrogen and oxygen atoms in total. The van der Waals surface area contributed by atoms with Gasteiger partial charge in [-0.3, -0.25) is 4.79 Å². The average Bonchev–Trinajstić information content (AvgIpc) is 3.23. The van der Waals surface area contributed by atoms with Crippen LogP contribution in [0.4, 0.5) is 0 Å². The summed E-state index contributed by atoms with van der Waals surface area (Å²) in [4.78, 5) is 14.8. The Morgan fingerprint density at radius 2 is 2.05 bits per heavy atom. The van der Waals surface area contributed by atoms with Crippen LogP contribution in [0.1, 0.15) is 43.0 Å². The Bertz CT molecular complexity index is 490. The number of hydrogen-bond donors (Lipinski definition) is 1. The quantitative estimate of drug-likeness (QED) is 0.842. The zero-order valence-electron chi connectivity index (χ0n) is 13.4. The van der Waals surface area contributed by atoms with Gasteiger partial charge in [-0.15, -0.1) is 0 Å². The van der Waals surface area contributed by atoms with Crippen LogP contribution >= 0.6 is 0 Å². The van der Waals surface area contributed by atoms with Gasteiger partial charge >= 0.3 is 0 Å². The molecule has 1 aliphatic carbocycles. The van der Waals surface area contributed by atoms with Crippen molar-refractivity contribution in [3.8, 4) is 5.75 Å². The Morgan fingerprint density at radius 3 is 2.64 bits per heavy atom. The number of amides is 1. The predicted octanol–water partition coefficient (Wildman–Crippen LogP) is 2.69. The minimum atomic E-state index is 0.143. The summed E-state index contributed by atoms with van der Waals surface area (Å²) in [5.74, 6) is 1.76. The Balaban J connectivity index is 1.63. The molecule has 1 saturated heterocycles. The lowest BCUT2D eigenvalue weighted by atomic mass is 10.1. The molecule has 1 heterocycles. The van der Waals surface area contributed by atoms with E-state index in [0.717, 1.165) is 56.3 Å². The van der Waals surface area contributed by atoms with Gasteiger partial charge in [0.1, 0.15) is 5.75 Å². The van der Waals surface area contributed by atoms with Crippen molar-refractivity contribution in [2.45, 2.75) is 38.6 Å². The molecule has 3 rings (SSSR count). The molecule has 1 atom stereocenters. The number of hydrogen-bond acceptors (Lipinski definition) is 3. The van der Waals surface area contributed by atoms with Crippen LogP contribution in [0.15, 0.2) is 24.3 Å². The molecule has 0 radical (unpaired) electrons. The maximum Gasteiger partial charge on any atom is 0.254 e. The van der Waals surface area contributed by atoms with Crippen LogP contribution in [0.5, 0.6) is 5.75 Å². The van der Waals surface area contributed by atoms with Crippen LogP contribution in [0.2, 0.25) is 0 Å². The zero-order valence-corrected chi connectivity index (χ0v) is 13.4. The summed E-state index contributed by atoms with van der Waals surface area (Å²) in [6, 6.07) is 7.98. The second kappa shape index (κ2) is 7.14. The second-order valence-corrected chi connectivity index (χ2v) is 6.42. The number of benzene rings is 1. The first-order valence-electron chi connectivity index (χ1n) is 8.52. The monoisotopic (exact) mass is 302 g/mol. The van der Waals surface area contributed by atoms with E-state index in [4.69, 9.17) is 4.74 Å². The van der Waals surface area contributed by atoms with E-state index >= 15 is 0 Å². The third kappa shape index (κ3) is 3.80. The maximum absolute atomic E-state index is 12.8. The van der Waals surface area contributed by atoms with Crippen LogP contribution in [0.3, 0.4) is 0 Å². The fraction of sp³-hybridized carbons (Fsp3) is 0.611. The van der Waals surface area contributed by atoms with E-state index in [1.54, 1.807) is 0 Å². The highest BCUT2D eigenvalue weighted by atomic mass is 16.5. The lowest BCUT2D eigenvalue weighted by molar-refractivity contribution is 0.0692. The summed E-state index contributed by atoms with van der Waals surface area (Å²) >= 11 is 0. The molecule has 1 aromatic carbocycles. The topological polar surface area (TPSA) is 41.6 Å². The van der Waals surface area contributed by atoms with E-state index in [9.17, 15) is 4.79 Å². The van der Waals surface area contributed by atoms with Crippen molar-refractivity contribution in [3.05, 3.63) is 29.8 Å². The number of nitrogens with zero attached hydrogens (tertiary/aromatic N) is 1. The Kier molecular flexibility index (Phi) is 4.98.